The van der Waals surface area contributed by atoms with Gasteiger partial charge in [-0.3, -0.25) is 0 Å². The second kappa shape index (κ2) is 4.29. The van der Waals surface area contributed by atoms with Crippen LogP contribution in [-0.2, 0) is 0 Å². The minimum absolute atomic E-state index is 0.00308. The molecular formula is C5H7Cl2F3. The van der Waals surface area contributed by atoms with E-state index in [-0.39, 0.29) is 12.3 Å². The minimum atomic E-state index is -4.20. The zero-order valence-electron chi connectivity index (χ0n) is 5.09. The molecule has 0 saturated heterocycles. The smallest absolute Gasteiger partial charge is 0.171 e. The summed E-state index contributed by atoms with van der Waals surface area (Å²) in [6, 6.07) is 0. The average molecular weight is 195 g/mol. The van der Waals surface area contributed by atoms with Crippen molar-refractivity contribution in [3.8, 4) is 0 Å². The van der Waals surface area contributed by atoms with E-state index in [0.29, 0.717) is 0 Å². The zero-order valence-corrected chi connectivity index (χ0v) is 6.60. The normalized spacial score (nSPS) is 15.3. The zero-order chi connectivity index (χ0) is 8.20. The Hall–Kier alpha value is 0.370. The summed E-state index contributed by atoms with van der Waals surface area (Å²) in [6.07, 6.45) is -4.30. The van der Waals surface area contributed by atoms with Gasteiger partial charge < -0.3 is 0 Å². The van der Waals surface area contributed by atoms with Gasteiger partial charge in [0, 0.05) is 11.8 Å². The van der Waals surface area contributed by atoms with Gasteiger partial charge in [-0.25, -0.2) is 0 Å². The molecular weight excluding hydrogens is 188 g/mol. The van der Waals surface area contributed by atoms with Crippen LogP contribution in [0.3, 0.4) is 0 Å². The monoisotopic (exact) mass is 194 g/mol. The summed E-state index contributed by atoms with van der Waals surface area (Å²) in [4.78, 5) is 0. The van der Waals surface area contributed by atoms with Crippen molar-refractivity contribution in [3.63, 3.8) is 0 Å². The molecule has 0 amide bonds. The first-order valence-electron chi connectivity index (χ1n) is 2.71. The largest absolute Gasteiger partial charge is 0.392 e. The lowest BCUT2D eigenvalue weighted by atomic mass is 10.1. The van der Waals surface area contributed by atoms with Gasteiger partial charge in [0.1, 0.15) is 0 Å². The van der Waals surface area contributed by atoms with E-state index in [1.54, 1.807) is 0 Å². The van der Waals surface area contributed by atoms with Crippen molar-refractivity contribution in [1.29, 1.82) is 0 Å². The predicted octanol–water partition coefficient (Wildman–Crippen LogP) is 3.03. The number of hydrogen-bond donors (Lipinski definition) is 0. The minimum Gasteiger partial charge on any atom is -0.171 e. The third-order valence-electron chi connectivity index (χ3n) is 1.11. The van der Waals surface area contributed by atoms with Gasteiger partial charge in [0.15, 0.2) is 0 Å². The molecule has 1 unspecified atom stereocenters. The standard InChI is InChI=1S/C5H7Cl2F3/c6-2-1-4(3-7)5(8,9)10/h4H,1-3H2. The van der Waals surface area contributed by atoms with Crippen molar-refractivity contribution >= 4 is 23.2 Å². The molecule has 0 aliphatic heterocycles. The molecule has 62 valence electrons. The maximum Gasteiger partial charge on any atom is 0.392 e. The fourth-order valence-corrected chi connectivity index (χ4v) is 1.05. The Labute approximate surface area is 67.3 Å². The highest BCUT2D eigenvalue weighted by Crippen LogP contribution is 2.29. The molecule has 0 nitrogen and oxygen atoms in total. The molecule has 0 rings (SSSR count). The SMILES string of the molecule is FC(F)(F)C(CCl)CCCl. The summed E-state index contributed by atoms with van der Waals surface area (Å²) in [5.74, 6) is -1.86. The third kappa shape index (κ3) is 3.52. The fraction of sp³-hybridized carbons (Fsp3) is 1.00. The maximum atomic E-state index is 11.8. The first kappa shape index (κ1) is 10.4. The Balaban J connectivity index is 3.81. The van der Waals surface area contributed by atoms with Crippen molar-refractivity contribution in [2.45, 2.75) is 12.6 Å². The molecule has 0 N–H and O–H groups in total. The van der Waals surface area contributed by atoms with E-state index in [4.69, 9.17) is 23.2 Å². The molecule has 0 aromatic heterocycles. The summed E-state index contributed by atoms with van der Waals surface area (Å²) in [6.45, 7) is 0. The molecule has 0 spiro atoms. The van der Waals surface area contributed by atoms with Crippen molar-refractivity contribution in [2.75, 3.05) is 11.8 Å². The maximum absolute atomic E-state index is 11.8. The second-order valence-corrected chi connectivity index (χ2v) is 2.56. The molecule has 0 radical (unpaired) electrons. The molecule has 10 heavy (non-hydrogen) atoms. The molecule has 5 heteroatoms. The van der Waals surface area contributed by atoms with Crippen LogP contribution in [0.4, 0.5) is 13.2 Å². The lowest BCUT2D eigenvalue weighted by Crippen LogP contribution is -2.24. The number of alkyl halides is 5. The number of hydrogen-bond acceptors (Lipinski definition) is 0. The molecule has 1 atom stereocenters. The van der Waals surface area contributed by atoms with E-state index in [2.05, 4.69) is 0 Å². The molecule has 0 aliphatic carbocycles. The highest BCUT2D eigenvalue weighted by molar-refractivity contribution is 6.18. The van der Waals surface area contributed by atoms with Gasteiger partial charge in [0.2, 0.25) is 0 Å². The Morgan fingerprint density at radius 1 is 1.20 bits per heavy atom. The highest BCUT2D eigenvalue weighted by Gasteiger charge is 2.37. The number of rotatable bonds is 3. The Morgan fingerprint density at radius 2 is 1.70 bits per heavy atom. The van der Waals surface area contributed by atoms with Crippen molar-refractivity contribution in [1.82, 2.24) is 0 Å². The van der Waals surface area contributed by atoms with Crippen LogP contribution in [0.5, 0.6) is 0 Å². The van der Waals surface area contributed by atoms with Crippen LogP contribution >= 0.6 is 23.2 Å². The molecule has 0 aliphatic rings. The van der Waals surface area contributed by atoms with Gasteiger partial charge >= 0.3 is 6.18 Å². The molecule has 0 saturated carbocycles. The summed E-state index contributed by atoms with van der Waals surface area (Å²) in [7, 11) is 0. The van der Waals surface area contributed by atoms with Crippen LogP contribution in [-0.4, -0.2) is 17.9 Å². The molecule has 0 aromatic rings. The highest BCUT2D eigenvalue weighted by atomic mass is 35.5. The number of halogens is 5. The lowest BCUT2D eigenvalue weighted by Gasteiger charge is -2.15. The van der Waals surface area contributed by atoms with E-state index in [1.807, 2.05) is 0 Å². The summed E-state index contributed by atoms with van der Waals surface area (Å²) < 4.78 is 35.3. The molecule has 0 aromatic carbocycles. The lowest BCUT2D eigenvalue weighted by molar-refractivity contribution is -0.168. The van der Waals surface area contributed by atoms with Gasteiger partial charge in [0.25, 0.3) is 0 Å². The molecule has 0 bridgehead atoms. The first-order valence-corrected chi connectivity index (χ1v) is 3.78. The Bertz CT molecular complexity index is 91.4. The van der Waals surface area contributed by atoms with Gasteiger partial charge in [-0.05, 0) is 6.42 Å². The van der Waals surface area contributed by atoms with Crippen molar-refractivity contribution in [3.05, 3.63) is 0 Å². The van der Waals surface area contributed by atoms with Crippen LogP contribution in [0.2, 0.25) is 0 Å². The topological polar surface area (TPSA) is 0 Å². The van der Waals surface area contributed by atoms with E-state index in [1.165, 1.54) is 0 Å². The van der Waals surface area contributed by atoms with E-state index >= 15 is 0 Å². The van der Waals surface area contributed by atoms with Crippen LogP contribution in [0, 0.1) is 5.92 Å². The molecule has 0 heterocycles. The van der Waals surface area contributed by atoms with Crippen molar-refractivity contribution in [2.24, 2.45) is 5.92 Å². The average Bonchev–Trinajstić information content (AvgIpc) is 1.80. The van der Waals surface area contributed by atoms with E-state index in [0.717, 1.165) is 0 Å². The van der Waals surface area contributed by atoms with Gasteiger partial charge in [0.05, 0.1) is 5.92 Å². The van der Waals surface area contributed by atoms with Gasteiger partial charge in [-0.2, -0.15) is 13.2 Å². The first-order chi connectivity index (χ1) is 4.52. The van der Waals surface area contributed by atoms with Crippen LogP contribution < -0.4 is 0 Å². The Kier molecular flexibility index (Phi) is 4.45. The van der Waals surface area contributed by atoms with Crippen LogP contribution in [0.25, 0.3) is 0 Å². The second-order valence-electron chi connectivity index (χ2n) is 1.87. The Morgan fingerprint density at radius 3 is 1.80 bits per heavy atom. The van der Waals surface area contributed by atoms with Crippen LogP contribution in [0.15, 0.2) is 0 Å². The van der Waals surface area contributed by atoms with Crippen molar-refractivity contribution < 1.29 is 13.2 Å². The van der Waals surface area contributed by atoms with Gasteiger partial charge in [-0.15, -0.1) is 23.2 Å². The van der Waals surface area contributed by atoms with E-state index in [9.17, 15) is 13.2 Å². The summed E-state index contributed by atoms with van der Waals surface area (Å²) in [5.41, 5.74) is 0. The predicted molar refractivity (Wildman–Crippen MR) is 35.6 cm³/mol. The van der Waals surface area contributed by atoms with E-state index < -0.39 is 18.0 Å². The summed E-state index contributed by atoms with van der Waals surface area (Å²) in [5, 5.41) is 0. The quantitative estimate of drug-likeness (QED) is 0.607. The van der Waals surface area contributed by atoms with Crippen LogP contribution in [0.1, 0.15) is 6.42 Å². The third-order valence-corrected chi connectivity index (χ3v) is 1.70. The molecule has 0 fully saturated rings. The van der Waals surface area contributed by atoms with Gasteiger partial charge in [-0.1, -0.05) is 0 Å². The fourth-order valence-electron chi connectivity index (χ4n) is 0.460. The summed E-state index contributed by atoms with van der Waals surface area (Å²) >= 11 is 10.2.